The van der Waals surface area contributed by atoms with E-state index in [1.165, 1.54) is 11.8 Å². The fraction of sp³-hybridized carbons (Fsp3) is 0.115. The number of fused-ring (bicyclic) bond motifs is 1. The van der Waals surface area contributed by atoms with E-state index in [0.29, 0.717) is 22.7 Å². The molecule has 1 unspecified atom stereocenters. The Balaban J connectivity index is 1.52. The second kappa shape index (κ2) is 11.9. The van der Waals surface area contributed by atoms with Crippen LogP contribution in [0.2, 0.25) is 20.1 Å². The van der Waals surface area contributed by atoms with Crippen molar-refractivity contribution in [1.82, 2.24) is 4.98 Å². The number of carbonyl (C=O) groups is 3. The summed E-state index contributed by atoms with van der Waals surface area (Å²) in [4.78, 5) is 41.7. The number of carboxylic acids is 1. The molecule has 0 saturated carbocycles. The number of H-pyrrole nitrogens is 1. The van der Waals surface area contributed by atoms with Gasteiger partial charge in [-0.25, -0.2) is 4.79 Å². The molecule has 1 heterocycles. The molecule has 0 aliphatic carbocycles. The van der Waals surface area contributed by atoms with Crippen LogP contribution in [0.4, 0.5) is 11.4 Å². The first kappa shape index (κ1) is 28.1. The van der Waals surface area contributed by atoms with Crippen LogP contribution in [0, 0.1) is 0 Å². The zero-order valence-corrected chi connectivity index (χ0v) is 23.4. The second-order valence-corrected chi connectivity index (χ2v) is 10.9. The number of anilines is 2. The molecule has 4 N–H and O–H groups in total. The number of nitrogens with one attached hydrogen (secondary N) is 3. The third-order valence-corrected chi connectivity index (χ3v) is 8.72. The van der Waals surface area contributed by atoms with Crippen LogP contribution in [0.15, 0.2) is 59.6 Å². The molecular formula is C26H19Cl4N3O4S. The normalized spacial score (nSPS) is 11.8. The number of benzene rings is 3. The molecule has 3 aromatic carbocycles. The highest BCUT2D eigenvalue weighted by atomic mass is 35.5. The lowest BCUT2D eigenvalue weighted by Crippen LogP contribution is -2.24. The van der Waals surface area contributed by atoms with Crippen molar-refractivity contribution in [2.75, 3.05) is 10.6 Å². The Morgan fingerprint density at radius 3 is 2.26 bits per heavy atom. The summed E-state index contributed by atoms with van der Waals surface area (Å²) < 4.78 is 0. The molecule has 196 valence electrons. The molecular weight excluding hydrogens is 592 g/mol. The lowest BCUT2D eigenvalue weighted by atomic mass is 10.1. The quantitative estimate of drug-likeness (QED) is 0.0912. The van der Waals surface area contributed by atoms with Gasteiger partial charge in [-0.15, -0.1) is 11.8 Å². The summed E-state index contributed by atoms with van der Waals surface area (Å²) >= 11 is 25.6. The van der Waals surface area contributed by atoms with Crippen LogP contribution < -0.4 is 10.6 Å². The van der Waals surface area contributed by atoms with E-state index in [1.54, 1.807) is 24.3 Å². The molecule has 2 amide bonds. The van der Waals surface area contributed by atoms with E-state index in [2.05, 4.69) is 15.6 Å². The number of carbonyl (C=O) groups excluding carboxylic acids is 2. The van der Waals surface area contributed by atoms with Crippen LogP contribution in [0.3, 0.4) is 0 Å². The first-order valence-electron chi connectivity index (χ1n) is 11.2. The predicted molar refractivity (Wildman–Crippen MR) is 155 cm³/mol. The van der Waals surface area contributed by atoms with E-state index in [1.807, 2.05) is 37.4 Å². The number of hydrogen-bond acceptors (Lipinski definition) is 4. The summed E-state index contributed by atoms with van der Waals surface area (Å²) in [5.41, 5.74) is 0.968. The summed E-state index contributed by atoms with van der Waals surface area (Å²) in [7, 11) is 0. The van der Waals surface area contributed by atoms with E-state index in [0.717, 1.165) is 10.9 Å². The van der Waals surface area contributed by atoms with Gasteiger partial charge in [0.1, 0.15) is 0 Å². The molecule has 0 aliphatic heterocycles. The summed E-state index contributed by atoms with van der Waals surface area (Å²) in [5.74, 6) is -2.49. The maximum absolute atomic E-state index is 13.1. The second-order valence-electron chi connectivity index (χ2n) is 8.08. The highest BCUT2D eigenvalue weighted by Gasteiger charge is 2.29. The van der Waals surface area contributed by atoms with Crippen molar-refractivity contribution < 1.29 is 19.5 Å². The van der Waals surface area contributed by atoms with Crippen molar-refractivity contribution in [3.05, 3.63) is 85.9 Å². The van der Waals surface area contributed by atoms with Gasteiger partial charge < -0.3 is 20.7 Å². The minimum Gasteiger partial charge on any atom is -0.478 e. The lowest BCUT2D eigenvalue weighted by Gasteiger charge is -2.16. The topological polar surface area (TPSA) is 111 Å². The molecule has 0 saturated heterocycles. The summed E-state index contributed by atoms with van der Waals surface area (Å²) in [6, 6.07) is 14.4. The van der Waals surface area contributed by atoms with Crippen LogP contribution in [0.5, 0.6) is 0 Å². The average Bonchev–Trinajstić information content (AvgIpc) is 3.35. The zero-order valence-electron chi connectivity index (χ0n) is 19.6. The fourth-order valence-corrected chi connectivity index (χ4v) is 5.75. The number of carboxylic acid groups (broad SMARTS) is 1. The first-order valence-corrected chi connectivity index (χ1v) is 13.5. The van der Waals surface area contributed by atoms with E-state index in [9.17, 15) is 19.5 Å². The SMILES string of the molecule is CCC(Sc1cccc(NC(=O)c2c(Cl)c(Cl)c(Cl)c(Cl)c2C(=O)O)c1)C(=O)Nc1ccc2cc[nH]c2c1. The van der Waals surface area contributed by atoms with Crippen molar-refractivity contribution in [1.29, 1.82) is 0 Å². The Labute approximate surface area is 241 Å². The van der Waals surface area contributed by atoms with Crippen LogP contribution in [0.25, 0.3) is 10.9 Å². The van der Waals surface area contributed by atoms with Gasteiger partial charge in [-0.3, -0.25) is 9.59 Å². The van der Waals surface area contributed by atoms with Gasteiger partial charge >= 0.3 is 5.97 Å². The zero-order chi connectivity index (χ0) is 27.6. The van der Waals surface area contributed by atoms with Gasteiger partial charge in [-0.2, -0.15) is 0 Å². The van der Waals surface area contributed by atoms with Gasteiger partial charge in [-0.1, -0.05) is 65.5 Å². The van der Waals surface area contributed by atoms with E-state index >= 15 is 0 Å². The molecule has 4 aromatic rings. The average molecular weight is 611 g/mol. The van der Waals surface area contributed by atoms with Gasteiger partial charge in [0, 0.05) is 28.0 Å². The van der Waals surface area contributed by atoms with Gasteiger partial charge in [0.2, 0.25) is 5.91 Å². The Kier molecular flexibility index (Phi) is 8.80. The molecule has 0 bridgehead atoms. The van der Waals surface area contributed by atoms with Crippen LogP contribution in [-0.2, 0) is 4.79 Å². The van der Waals surface area contributed by atoms with E-state index < -0.39 is 33.3 Å². The van der Waals surface area contributed by atoms with Crippen molar-refractivity contribution >= 4 is 98.2 Å². The number of rotatable bonds is 8. The van der Waals surface area contributed by atoms with Crippen LogP contribution in [0.1, 0.15) is 34.1 Å². The molecule has 0 fully saturated rings. The minimum atomic E-state index is -1.49. The number of thioether (sulfide) groups is 1. The number of halogens is 4. The summed E-state index contributed by atoms with van der Waals surface area (Å²) in [6.07, 6.45) is 2.39. The number of aromatic carboxylic acids is 1. The smallest absolute Gasteiger partial charge is 0.338 e. The Bertz CT molecular complexity index is 1570. The van der Waals surface area contributed by atoms with Crippen LogP contribution >= 0.6 is 58.2 Å². The summed E-state index contributed by atoms with van der Waals surface area (Å²) in [6.45, 7) is 1.90. The maximum atomic E-state index is 13.1. The van der Waals surface area contributed by atoms with E-state index in [-0.39, 0.29) is 21.0 Å². The van der Waals surface area contributed by atoms with Crippen molar-refractivity contribution in [3.8, 4) is 0 Å². The van der Waals surface area contributed by atoms with Crippen molar-refractivity contribution in [3.63, 3.8) is 0 Å². The largest absolute Gasteiger partial charge is 0.478 e. The number of hydrogen-bond donors (Lipinski definition) is 4. The molecule has 7 nitrogen and oxygen atoms in total. The van der Waals surface area contributed by atoms with Crippen LogP contribution in [-0.4, -0.2) is 33.1 Å². The summed E-state index contributed by atoms with van der Waals surface area (Å²) in [5, 5.41) is 14.6. The number of aromatic nitrogens is 1. The van der Waals surface area contributed by atoms with Gasteiger partial charge in [0.25, 0.3) is 5.91 Å². The third kappa shape index (κ3) is 5.90. The Morgan fingerprint density at radius 2 is 1.58 bits per heavy atom. The Morgan fingerprint density at radius 1 is 0.895 bits per heavy atom. The lowest BCUT2D eigenvalue weighted by molar-refractivity contribution is -0.115. The van der Waals surface area contributed by atoms with Gasteiger partial charge in [0.05, 0.1) is 36.5 Å². The molecule has 0 aliphatic rings. The standard InChI is InChI=1S/C26H19Cl4N3O4S/c1-2-17(24(34)32-14-7-6-12-8-9-31-16(12)11-14)38-15-5-3-4-13(10-15)33-25(35)18-19(26(36)37)21(28)23(30)22(29)20(18)27/h3-11,17,31H,2H2,1H3,(H,32,34)(H,33,35)(H,36,37). The number of aromatic amines is 1. The first-order chi connectivity index (χ1) is 18.1. The predicted octanol–water partition coefficient (Wildman–Crippen LogP) is 8.24. The highest BCUT2D eigenvalue weighted by molar-refractivity contribution is 8.00. The minimum absolute atomic E-state index is 0.166. The van der Waals surface area contributed by atoms with Gasteiger partial charge in [0.15, 0.2) is 0 Å². The van der Waals surface area contributed by atoms with E-state index in [4.69, 9.17) is 46.4 Å². The van der Waals surface area contributed by atoms with Gasteiger partial charge in [-0.05, 0) is 48.2 Å². The van der Waals surface area contributed by atoms with Crippen molar-refractivity contribution in [2.45, 2.75) is 23.5 Å². The fourth-order valence-electron chi connectivity index (χ4n) is 3.72. The molecule has 38 heavy (non-hydrogen) atoms. The molecule has 1 aromatic heterocycles. The molecule has 12 heteroatoms. The number of amides is 2. The maximum Gasteiger partial charge on any atom is 0.338 e. The monoisotopic (exact) mass is 609 g/mol. The molecule has 1 atom stereocenters. The van der Waals surface area contributed by atoms with Crippen molar-refractivity contribution in [2.24, 2.45) is 0 Å². The molecule has 0 radical (unpaired) electrons. The Hall–Kier alpha value is -2.88. The molecule has 0 spiro atoms. The molecule has 4 rings (SSSR count). The highest BCUT2D eigenvalue weighted by Crippen LogP contribution is 2.42. The third-order valence-electron chi connectivity index (χ3n) is 5.56.